The normalized spacial score (nSPS) is 12.3. The number of para-hydroxylation sites is 1. The van der Waals surface area contributed by atoms with E-state index in [4.69, 9.17) is 0 Å². The van der Waals surface area contributed by atoms with Gasteiger partial charge in [0.1, 0.15) is 6.04 Å². The Labute approximate surface area is 237 Å². The second kappa shape index (κ2) is 12.8. The van der Waals surface area contributed by atoms with Gasteiger partial charge in [0.25, 0.3) is 0 Å². The second-order valence-corrected chi connectivity index (χ2v) is 9.44. The number of hydrogen-bond donors (Lipinski definition) is 3. The molecule has 0 aromatic heterocycles. The van der Waals surface area contributed by atoms with Gasteiger partial charge in [-0.05, 0) is 47.4 Å². The topological polar surface area (TPSA) is 70.2 Å². The minimum atomic E-state index is -5.09. The third kappa shape index (κ3) is 8.35. The van der Waals surface area contributed by atoms with Crippen LogP contribution in [0.4, 0.5) is 42.5 Å². The molecule has 1 unspecified atom stereocenters. The zero-order chi connectivity index (χ0) is 30.3. The fraction of sp³-hybridized carbons (Fsp3) is 0.161. The molecule has 218 valence electrons. The summed E-state index contributed by atoms with van der Waals surface area (Å²) in [4.78, 5) is 26.3. The molecular weight excluding hydrogens is 560 g/mol. The predicted octanol–water partition coefficient (Wildman–Crippen LogP) is 7.69. The Balaban J connectivity index is 1.56. The van der Waals surface area contributed by atoms with E-state index in [-0.39, 0.29) is 12.5 Å². The molecule has 1 atom stereocenters. The molecule has 3 amide bonds. The van der Waals surface area contributed by atoms with E-state index in [2.05, 4.69) is 10.6 Å². The Hall–Kier alpha value is -4.80. The minimum absolute atomic E-state index is 0.00264. The van der Waals surface area contributed by atoms with E-state index in [0.717, 1.165) is 11.1 Å². The molecule has 0 radical (unpaired) electrons. The molecule has 0 heterocycles. The highest BCUT2D eigenvalue weighted by atomic mass is 19.4. The summed E-state index contributed by atoms with van der Waals surface area (Å²) in [5, 5.41) is 7.21. The molecule has 4 aromatic rings. The van der Waals surface area contributed by atoms with Crippen molar-refractivity contribution in [1.82, 2.24) is 5.32 Å². The van der Waals surface area contributed by atoms with Gasteiger partial charge in [0.05, 0.1) is 11.1 Å². The molecule has 4 rings (SSSR count). The smallest absolute Gasteiger partial charge is 0.326 e. The molecule has 0 saturated carbocycles. The molecular formula is C31H25F6N3O2. The van der Waals surface area contributed by atoms with Gasteiger partial charge in [-0.15, -0.1) is 0 Å². The number of amides is 3. The number of carbonyl (C=O) groups is 2. The average Bonchev–Trinajstić information content (AvgIpc) is 2.94. The van der Waals surface area contributed by atoms with Crippen LogP contribution in [0.5, 0.6) is 0 Å². The van der Waals surface area contributed by atoms with E-state index in [0.29, 0.717) is 29.8 Å². The lowest BCUT2D eigenvalue weighted by molar-refractivity contribution is -0.143. The van der Waals surface area contributed by atoms with E-state index in [1.165, 1.54) is 0 Å². The first-order valence-electron chi connectivity index (χ1n) is 12.7. The van der Waals surface area contributed by atoms with Gasteiger partial charge < -0.3 is 16.0 Å². The summed E-state index contributed by atoms with van der Waals surface area (Å²) in [7, 11) is 0. The first kappa shape index (κ1) is 30.2. The van der Waals surface area contributed by atoms with E-state index in [1.54, 1.807) is 42.5 Å². The van der Waals surface area contributed by atoms with Crippen molar-refractivity contribution in [2.45, 2.75) is 31.2 Å². The molecule has 0 bridgehead atoms. The Morgan fingerprint density at radius 1 is 0.643 bits per heavy atom. The van der Waals surface area contributed by atoms with Crippen molar-refractivity contribution in [2.75, 3.05) is 10.6 Å². The van der Waals surface area contributed by atoms with Crippen LogP contribution in [0.25, 0.3) is 0 Å². The predicted molar refractivity (Wildman–Crippen MR) is 147 cm³/mol. The Bertz CT molecular complexity index is 1490. The molecule has 0 saturated heterocycles. The minimum Gasteiger partial charge on any atom is -0.326 e. The molecule has 11 heteroatoms. The van der Waals surface area contributed by atoms with Gasteiger partial charge in [0, 0.05) is 17.8 Å². The van der Waals surface area contributed by atoms with E-state index >= 15 is 0 Å². The third-order valence-corrected chi connectivity index (χ3v) is 6.26. The number of halogens is 6. The number of nitrogens with one attached hydrogen (secondary N) is 3. The van der Waals surface area contributed by atoms with Crippen LogP contribution >= 0.6 is 0 Å². The van der Waals surface area contributed by atoms with E-state index in [1.807, 2.05) is 47.8 Å². The summed E-state index contributed by atoms with van der Waals surface area (Å²) >= 11 is 0. The van der Waals surface area contributed by atoms with Crippen LogP contribution in [-0.4, -0.2) is 18.0 Å². The van der Waals surface area contributed by atoms with Gasteiger partial charge in [-0.2, -0.15) is 26.3 Å². The van der Waals surface area contributed by atoms with Gasteiger partial charge in [-0.1, -0.05) is 78.9 Å². The van der Waals surface area contributed by atoms with Crippen LogP contribution < -0.4 is 16.0 Å². The molecule has 0 aliphatic carbocycles. The monoisotopic (exact) mass is 585 g/mol. The summed E-state index contributed by atoms with van der Waals surface area (Å²) in [6.07, 6.45) is -9.67. The lowest BCUT2D eigenvalue weighted by Crippen LogP contribution is -2.47. The molecule has 0 aliphatic heterocycles. The number of hydrogen-bond acceptors (Lipinski definition) is 2. The fourth-order valence-corrected chi connectivity index (χ4v) is 4.24. The van der Waals surface area contributed by atoms with Crippen LogP contribution in [0, 0.1) is 0 Å². The molecule has 0 spiro atoms. The van der Waals surface area contributed by atoms with Crippen molar-refractivity contribution in [3.05, 3.63) is 131 Å². The number of rotatable bonds is 8. The summed E-state index contributed by atoms with van der Waals surface area (Å²) < 4.78 is 79.6. The maximum Gasteiger partial charge on any atom is 0.416 e. The molecule has 0 aliphatic rings. The fourth-order valence-electron chi connectivity index (χ4n) is 4.24. The summed E-state index contributed by atoms with van der Waals surface area (Å²) in [6.45, 7) is 0. The number of benzene rings is 4. The van der Waals surface area contributed by atoms with E-state index < -0.39 is 47.1 Å². The zero-order valence-electron chi connectivity index (χ0n) is 21.9. The molecule has 4 aromatic carbocycles. The van der Waals surface area contributed by atoms with Crippen molar-refractivity contribution < 1.29 is 35.9 Å². The van der Waals surface area contributed by atoms with Gasteiger partial charge >= 0.3 is 18.4 Å². The zero-order valence-corrected chi connectivity index (χ0v) is 21.9. The lowest BCUT2D eigenvalue weighted by atomic mass is 10.0. The van der Waals surface area contributed by atoms with Crippen LogP contribution in [0.1, 0.15) is 27.8 Å². The van der Waals surface area contributed by atoms with Crippen LogP contribution in [-0.2, 0) is 30.0 Å². The average molecular weight is 586 g/mol. The van der Waals surface area contributed by atoms with Crippen LogP contribution in [0.3, 0.4) is 0 Å². The van der Waals surface area contributed by atoms with Gasteiger partial charge in [-0.3, -0.25) is 4.79 Å². The standard InChI is InChI=1S/C31H25F6N3O2/c32-30(33,34)23-17-24(31(35,36)37)19-25(18-23)38-29(42)40-27(16-21-11-5-2-6-12-21)28(41)39-26-14-8-7-13-22(26)15-20-9-3-1-4-10-20/h1-14,17-19,27H,15-16H2,(H,39,41)(H2,38,40,42). The van der Waals surface area contributed by atoms with Crippen molar-refractivity contribution >= 4 is 23.3 Å². The summed E-state index contributed by atoms with van der Waals surface area (Å²) in [5.41, 5.74) is -0.960. The quantitative estimate of drug-likeness (QED) is 0.186. The Morgan fingerprint density at radius 2 is 1.17 bits per heavy atom. The Morgan fingerprint density at radius 3 is 1.74 bits per heavy atom. The van der Waals surface area contributed by atoms with Crippen molar-refractivity contribution in [1.29, 1.82) is 0 Å². The summed E-state index contributed by atoms with van der Waals surface area (Å²) in [6, 6.07) is 23.6. The van der Waals surface area contributed by atoms with Gasteiger partial charge in [-0.25, -0.2) is 4.79 Å². The highest BCUT2D eigenvalue weighted by Gasteiger charge is 2.37. The third-order valence-electron chi connectivity index (χ3n) is 6.26. The first-order chi connectivity index (χ1) is 19.9. The van der Waals surface area contributed by atoms with Gasteiger partial charge in [0.2, 0.25) is 5.91 Å². The largest absolute Gasteiger partial charge is 0.416 e. The molecule has 42 heavy (non-hydrogen) atoms. The molecule has 5 nitrogen and oxygen atoms in total. The number of alkyl halides is 6. The highest BCUT2D eigenvalue weighted by Crippen LogP contribution is 2.37. The van der Waals surface area contributed by atoms with Crippen molar-refractivity contribution in [2.24, 2.45) is 0 Å². The number of anilines is 2. The van der Waals surface area contributed by atoms with Crippen molar-refractivity contribution in [3.63, 3.8) is 0 Å². The SMILES string of the molecule is O=C(Nc1cc(C(F)(F)F)cc(C(F)(F)F)c1)NC(Cc1ccccc1)C(=O)Nc1ccccc1Cc1ccccc1. The summed E-state index contributed by atoms with van der Waals surface area (Å²) in [5.74, 6) is -0.630. The number of carbonyl (C=O) groups excluding carboxylic acids is 2. The van der Waals surface area contributed by atoms with Crippen LogP contribution in [0.2, 0.25) is 0 Å². The maximum atomic E-state index is 13.4. The van der Waals surface area contributed by atoms with Crippen molar-refractivity contribution in [3.8, 4) is 0 Å². The van der Waals surface area contributed by atoms with E-state index in [9.17, 15) is 35.9 Å². The molecule has 3 N–H and O–H groups in total. The second-order valence-electron chi connectivity index (χ2n) is 9.44. The highest BCUT2D eigenvalue weighted by molar-refractivity contribution is 5.99. The lowest BCUT2D eigenvalue weighted by Gasteiger charge is -2.21. The van der Waals surface area contributed by atoms with Crippen LogP contribution in [0.15, 0.2) is 103 Å². The first-order valence-corrected chi connectivity index (χ1v) is 12.7. The number of urea groups is 1. The van der Waals surface area contributed by atoms with Gasteiger partial charge in [0.15, 0.2) is 0 Å². The maximum absolute atomic E-state index is 13.4. The molecule has 0 fully saturated rings. The Kier molecular flexibility index (Phi) is 9.19.